The van der Waals surface area contributed by atoms with E-state index in [0.29, 0.717) is 23.8 Å². The number of ether oxygens (including phenoxy) is 2. The van der Waals surface area contributed by atoms with Crippen LogP contribution in [0.3, 0.4) is 0 Å². The standard InChI is InChI=1S/C16H14Cl2FNO3/c1-3-23-15-12(18)6-9(7-14(15)22-2)16(21)20-13-5-4-10(19)8-11(13)17/h4-8H,3H2,1-2H3,(H,20,21). The first kappa shape index (κ1) is 17.4. The van der Waals surface area contributed by atoms with Crippen molar-refractivity contribution in [1.82, 2.24) is 0 Å². The third-order valence-electron chi connectivity index (χ3n) is 2.96. The number of nitrogens with one attached hydrogen (secondary N) is 1. The summed E-state index contributed by atoms with van der Waals surface area (Å²) < 4.78 is 23.6. The number of anilines is 1. The Balaban J connectivity index is 2.30. The minimum Gasteiger partial charge on any atom is -0.493 e. The molecule has 0 radical (unpaired) electrons. The van der Waals surface area contributed by atoms with Crippen molar-refractivity contribution < 1.29 is 18.7 Å². The van der Waals surface area contributed by atoms with Crippen LogP contribution in [0.4, 0.5) is 10.1 Å². The summed E-state index contributed by atoms with van der Waals surface area (Å²) in [6.07, 6.45) is 0. The number of methoxy groups -OCH3 is 1. The van der Waals surface area contributed by atoms with Gasteiger partial charge < -0.3 is 14.8 Å². The van der Waals surface area contributed by atoms with Crippen molar-refractivity contribution in [2.24, 2.45) is 0 Å². The number of hydrogen-bond donors (Lipinski definition) is 1. The average molecular weight is 358 g/mol. The Morgan fingerprint density at radius 3 is 2.57 bits per heavy atom. The summed E-state index contributed by atoms with van der Waals surface area (Å²) in [6, 6.07) is 6.66. The Kier molecular flexibility index (Phi) is 5.69. The van der Waals surface area contributed by atoms with Crippen molar-refractivity contribution in [1.29, 1.82) is 0 Å². The summed E-state index contributed by atoms with van der Waals surface area (Å²) in [5.41, 5.74) is 0.553. The van der Waals surface area contributed by atoms with Crippen LogP contribution in [0.5, 0.6) is 11.5 Å². The number of hydrogen-bond acceptors (Lipinski definition) is 3. The van der Waals surface area contributed by atoms with Crippen molar-refractivity contribution in [3.8, 4) is 11.5 Å². The Morgan fingerprint density at radius 2 is 1.96 bits per heavy atom. The molecule has 0 aliphatic carbocycles. The number of rotatable bonds is 5. The van der Waals surface area contributed by atoms with Crippen LogP contribution < -0.4 is 14.8 Å². The van der Waals surface area contributed by atoms with Gasteiger partial charge in [0, 0.05) is 5.56 Å². The molecule has 4 nitrogen and oxygen atoms in total. The Labute approximate surface area is 143 Å². The molecule has 0 atom stereocenters. The lowest BCUT2D eigenvalue weighted by atomic mass is 10.1. The van der Waals surface area contributed by atoms with Gasteiger partial charge in [-0.25, -0.2) is 4.39 Å². The van der Waals surface area contributed by atoms with E-state index in [2.05, 4.69) is 5.32 Å². The van der Waals surface area contributed by atoms with E-state index in [9.17, 15) is 9.18 Å². The number of carbonyl (C=O) groups excluding carboxylic acids is 1. The highest BCUT2D eigenvalue weighted by atomic mass is 35.5. The highest BCUT2D eigenvalue weighted by Crippen LogP contribution is 2.36. The van der Waals surface area contributed by atoms with Gasteiger partial charge in [0.15, 0.2) is 11.5 Å². The molecule has 0 unspecified atom stereocenters. The van der Waals surface area contributed by atoms with Gasteiger partial charge in [0.25, 0.3) is 5.91 Å². The molecule has 1 amide bonds. The topological polar surface area (TPSA) is 47.6 Å². The summed E-state index contributed by atoms with van der Waals surface area (Å²) in [5.74, 6) is -0.233. The minimum absolute atomic E-state index is 0.0994. The van der Waals surface area contributed by atoms with Gasteiger partial charge in [0.05, 0.1) is 29.4 Å². The number of benzene rings is 2. The predicted molar refractivity (Wildman–Crippen MR) is 88.5 cm³/mol. The number of halogens is 3. The largest absolute Gasteiger partial charge is 0.493 e. The second-order valence-corrected chi connectivity index (χ2v) is 5.32. The molecule has 0 aliphatic rings. The molecule has 7 heteroatoms. The van der Waals surface area contributed by atoms with Crippen molar-refractivity contribution in [2.75, 3.05) is 19.0 Å². The van der Waals surface area contributed by atoms with Crippen molar-refractivity contribution in [3.63, 3.8) is 0 Å². The fourth-order valence-corrected chi connectivity index (χ4v) is 2.40. The third-order valence-corrected chi connectivity index (χ3v) is 3.55. The van der Waals surface area contributed by atoms with Gasteiger partial charge >= 0.3 is 0 Å². The molecule has 23 heavy (non-hydrogen) atoms. The monoisotopic (exact) mass is 357 g/mol. The second-order valence-electron chi connectivity index (χ2n) is 4.50. The first-order chi connectivity index (χ1) is 11.0. The van der Waals surface area contributed by atoms with E-state index >= 15 is 0 Å². The normalized spacial score (nSPS) is 10.3. The zero-order valence-electron chi connectivity index (χ0n) is 12.5. The van der Waals surface area contributed by atoms with Crippen LogP contribution in [0.2, 0.25) is 10.0 Å². The van der Waals surface area contributed by atoms with Gasteiger partial charge in [0.2, 0.25) is 0 Å². The van der Waals surface area contributed by atoms with E-state index in [1.54, 1.807) is 0 Å². The Morgan fingerprint density at radius 1 is 1.22 bits per heavy atom. The highest BCUT2D eigenvalue weighted by molar-refractivity contribution is 6.34. The van der Waals surface area contributed by atoms with Crippen LogP contribution >= 0.6 is 23.2 Å². The molecule has 0 saturated carbocycles. The van der Waals surface area contributed by atoms with Gasteiger partial charge in [-0.05, 0) is 37.3 Å². The number of amides is 1. The molecule has 0 fully saturated rings. The minimum atomic E-state index is -0.487. The molecule has 2 aromatic carbocycles. The van der Waals surface area contributed by atoms with Gasteiger partial charge in [0.1, 0.15) is 5.82 Å². The smallest absolute Gasteiger partial charge is 0.255 e. The molecule has 0 aliphatic heterocycles. The van der Waals surface area contributed by atoms with E-state index in [1.807, 2.05) is 6.92 Å². The van der Waals surface area contributed by atoms with Crippen LogP contribution in [0.1, 0.15) is 17.3 Å². The summed E-state index contributed by atoms with van der Waals surface area (Å²) in [4.78, 5) is 12.3. The zero-order valence-corrected chi connectivity index (χ0v) is 14.0. The van der Waals surface area contributed by atoms with Gasteiger partial charge in [-0.15, -0.1) is 0 Å². The summed E-state index contributed by atoms with van der Waals surface area (Å²) in [5, 5.41) is 2.94. The SMILES string of the molecule is CCOc1c(Cl)cc(C(=O)Nc2ccc(F)cc2Cl)cc1OC. The molecular weight excluding hydrogens is 344 g/mol. The quantitative estimate of drug-likeness (QED) is 0.836. The van der Waals surface area contributed by atoms with Gasteiger partial charge in [-0.2, -0.15) is 0 Å². The van der Waals surface area contributed by atoms with E-state index < -0.39 is 11.7 Å². The average Bonchev–Trinajstić information content (AvgIpc) is 2.51. The maximum atomic E-state index is 13.0. The van der Waals surface area contributed by atoms with Crippen LogP contribution in [0.25, 0.3) is 0 Å². The zero-order chi connectivity index (χ0) is 17.0. The molecule has 0 saturated heterocycles. The van der Waals surface area contributed by atoms with Crippen molar-refractivity contribution in [2.45, 2.75) is 6.92 Å². The lowest BCUT2D eigenvalue weighted by Crippen LogP contribution is -2.13. The predicted octanol–water partition coefficient (Wildman–Crippen LogP) is 4.79. The van der Waals surface area contributed by atoms with Crippen LogP contribution in [-0.4, -0.2) is 19.6 Å². The first-order valence-corrected chi connectivity index (χ1v) is 7.48. The van der Waals surface area contributed by atoms with Crippen LogP contribution in [0, 0.1) is 5.82 Å². The van der Waals surface area contributed by atoms with E-state index in [4.69, 9.17) is 32.7 Å². The summed E-state index contributed by atoms with van der Waals surface area (Å²) >= 11 is 12.0. The molecule has 0 heterocycles. The molecule has 2 rings (SSSR count). The molecule has 0 aromatic heterocycles. The van der Waals surface area contributed by atoms with Crippen LogP contribution in [0.15, 0.2) is 30.3 Å². The van der Waals surface area contributed by atoms with Crippen molar-refractivity contribution in [3.05, 3.63) is 51.8 Å². The second kappa shape index (κ2) is 7.53. The van der Waals surface area contributed by atoms with E-state index in [-0.39, 0.29) is 15.6 Å². The lowest BCUT2D eigenvalue weighted by Gasteiger charge is -2.13. The lowest BCUT2D eigenvalue weighted by molar-refractivity contribution is 0.102. The maximum Gasteiger partial charge on any atom is 0.255 e. The summed E-state index contributed by atoms with van der Waals surface area (Å²) in [6.45, 7) is 2.22. The maximum absolute atomic E-state index is 13.0. The summed E-state index contributed by atoms with van der Waals surface area (Å²) in [7, 11) is 1.45. The van der Waals surface area contributed by atoms with Crippen molar-refractivity contribution >= 4 is 34.8 Å². The Hall–Kier alpha value is -1.98. The number of carbonyl (C=O) groups is 1. The highest BCUT2D eigenvalue weighted by Gasteiger charge is 2.16. The van der Waals surface area contributed by atoms with Gasteiger partial charge in [-0.1, -0.05) is 23.2 Å². The molecule has 0 bridgehead atoms. The fourth-order valence-electron chi connectivity index (χ4n) is 1.92. The molecular formula is C16H14Cl2FNO3. The van der Waals surface area contributed by atoms with E-state index in [0.717, 1.165) is 6.07 Å². The first-order valence-electron chi connectivity index (χ1n) is 6.73. The van der Waals surface area contributed by atoms with Crippen LogP contribution in [-0.2, 0) is 0 Å². The Bertz CT molecular complexity index is 738. The molecule has 1 N–H and O–H groups in total. The van der Waals surface area contributed by atoms with E-state index in [1.165, 1.54) is 31.4 Å². The van der Waals surface area contributed by atoms with Gasteiger partial charge in [-0.3, -0.25) is 4.79 Å². The molecule has 0 spiro atoms. The molecule has 2 aromatic rings. The third kappa shape index (κ3) is 4.06. The molecule has 122 valence electrons. The fraction of sp³-hybridized carbons (Fsp3) is 0.188.